The van der Waals surface area contributed by atoms with E-state index >= 15 is 0 Å². The number of rotatable bonds is 7. The monoisotopic (exact) mass is 268 g/mol. The zero-order valence-electron chi connectivity index (χ0n) is 13.2. The maximum atomic E-state index is 12.1. The summed E-state index contributed by atoms with van der Waals surface area (Å²) in [5.41, 5.74) is 5.91. The molecule has 1 amide bonds. The quantitative estimate of drug-likeness (QED) is 0.745. The van der Waals surface area contributed by atoms with E-state index in [9.17, 15) is 4.79 Å². The van der Waals surface area contributed by atoms with Crippen molar-refractivity contribution in [1.82, 2.24) is 5.32 Å². The summed E-state index contributed by atoms with van der Waals surface area (Å²) in [6, 6.07) is 0.368. The van der Waals surface area contributed by atoms with Gasteiger partial charge in [-0.05, 0) is 49.5 Å². The van der Waals surface area contributed by atoms with Gasteiger partial charge in [-0.15, -0.1) is 0 Å². The van der Waals surface area contributed by atoms with E-state index in [1.165, 1.54) is 12.8 Å². The van der Waals surface area contributed by atoms with Crippen molar-refractivity contribution in [3.05, 3.63) is 0 Å². The molecule has 1 saturated carbocycles. The number of hydrogen-bond donors (Lipinski definition) is 2. The van der Waals surface area contributed by atoms with E-state index in [0.717, 1.165) is 25.8 Å². The molecule has 1 aliphatic carbocycles. The number of nitrogens with one attached hydrogen (secondary N) is 1. The fourth-order valence-corrected chi connectivity index (χ4v) is 3.20. The van der Waals surface area contributed by atoms with Crippen LogP contribution in [0.1, 0.15) is 66.2 Å². The predicted octanol–water partition coefficient (Wildman–Crippen LogP) is 3.08. The van der Waals surface area contributed by atoms with E-state index in [4.69, 9.17) is 5.73 Å². The van der Waals surface area contributed by atoms with Gasteiger partial charge in [0.2, 0.25) is 5.91 Å². The highest BCUT2D eigenvalue weighted by Gasteiger charge is 2.35. The number of nitrogens with two attached hydrogens (primary N) is 1. The van der Waals surface area contributed by atoms with Crippen LogP contribution in [-0.2, 0) is 4.79 Å². The molecule has 3 N–H and O–H groups in total. The zero-order chi connectivity index (χ0) is 14.5. The maximum Gasteiger partial charge on any atom is 0.220 e. The minimum absolute atomic E-state index is 0.225. The molecule has 112 valence electrons. The first-order valence-corrected chi connectivity index (χ1v) is 7.86. The Morgan fingerprint density at radius 3 is 2.53 bits per heavy atom. The normalized spacial score (nSPS) is 23.6. The van der Waals surface area contributed by atoms with Gasteiger partial charge >= 0.3 is 0 Å². The molecular weight excluding hydrogens is 236 g/mol. The third-order valence-corrected chi connectivity index (χ3v) is 4.81. The Balaban J connectivity index is 2.35. The maximum absolute atomic E-state index is 12.1. The van der Waals surface area contributed by atoms with Crippen LogP contribution in [0.15, 0.2) is 0 Å². The molecule has 3 nitrogen and oxygen atoms in total. The van der Waals surface area contributed by atoms with E-state index in [2.05, 4.69) is 33.0 Å². The molecule has 0 aliphatic heterocycles. The first kappa shape index (κ1) is 16.5. The zero-order valence-corrected chi connectivity index (χ0v) is 13.2. The molecular formula is C16H32N2O. The lowest BCUT2D eigenvalue weighted by atomic mass is 9.86. The molecule has 0 spiro atoms. The van der Waals surface area contributed by atoms with Crippen LogP contribution in [0.2, 0.25) is 0 Å². The summed E-state index contributed by atoms with van der Waals surface area (Å²) in [4.78, 5) is 12.1. The van der Waals surface area contributed by atoms with Gasteiger partial charge in [0.15, 0.2) is 0 Å². The standard InChI is InChI=1S/C16H32N2O/c1-12(2)13(9-11-17)7-8-15(19)18-14-6-5-10-16(14,3)4/h12-14H,5-11,17H2,1-4H3,(H,18,19). The summed E-state index contributed by atoms with van der Waals surface area (Å²) in [6.45, 7) is 9.68. The Labute approximate surface area is 118 Å². The van der Waals surface area contributed by atoms with Crippen LogP contribution in [0.5, 0.6) is 0 Å². The second-order valence-electron chi connectivity index (χ2n) is 7.12. The third kappa shape index (κ3) is 5.13. The summed E-state index contributed by atoms with van der Waals surface area (Å²) >= 11 is 0. The van der Waals surface area contributed by atoms with Crippen molar-refractivity contribution in [3.63, 3.8) is 0 Å². The van der Waals surface area contributed by atoms with Crippen molar-refractivity contribution in [1.29, 1.82) is 0 Å². The first-order valence-electron chi connectivity index (χ1n) is 7.86. The van der Waals surface area contributed by atoms with Crippen molar-refractivity contribution in [2.75, 3.05) is 6.54 Å². The average Bonchev–Trinajstić information content (AvgIpc) is 2.63. The van der Waals surface area contributed by atoms with E-state index in [-0.39, 0.29) is 11.3 Å². The fraction of sp³-hybridized carbons (Fsp3) is 0.938. The molecule has 3 heteroatoms. The van der Waals surface area contributed by atoms with Gasteiger partial charge in [-0.2, -0.15) is 0 Å². The lowest BCUT2D eigenvalue weighted by Gasteiger charge is -2.28. The number of amides is 1. The van der Waals surface area contributed by atoms with Crippen LogP contribution in [0, 0.1) is 17.3 Å². The molecule has 1 aliphatic rings. The first-order chi connectivity index (χ1) is 8.86. The topological polar surface area (TPSA) is 55.1 Å². The molecule has 19 heavy (non-hydrogen) atoms. The number of carbonyl (C=O) groups is 1. The van der Waals surface area contributed by atoms with Crippen molar-refractivity contribution in [2.24, 2.45) is 23.0 Å². The van der Waals surface area contributed by atoms with Crippen LogP contribution < -0.4 is 11.1 Å². The second kappa shape index (κ2) is 7.28. The third-order valence-electron chi connectivity index (χ3n) is 4.81. The van der Waals surface area contributed by atoms with Gasteiger partial charge in [-0.3, -0.25) is 4.79 Å². The predicted molar refractivity (Wildman–Crippen MR) is 80.8 cm³/mol. The fourth-order valence-electron chi connectivity index (χ4n) is 3.20. The molecule has 0 aromatic rings. The summed E-state index contributed by atoms with van der Waals surface area (Å²) in [5, 5.41) is 3.24. The molecule has 1 fully saturated rings. The summed E-state index contributed by atoms with van der Waals surface area (Å²) in [7, 11) is 0. The van der Waals surface area contributed by atoms with E-state index < -0.39 is 0 Å². The second-order valence-corrected chi connectivity index (χ2v) is 7.12. The molecule has 0 radical (unpaired) electrons. The van der Waals surface area contributed by atoms with Crippen LogP contribution in [-0.4, -0.2) is 18.5 Å². The highest BCUT2D eigenvalue weighted by molar-refractivity contribution is 5.76. The Kier molecular flexibility index (Phi) is 6.31. The van der Waals surface area contributed by atoms with E-state index in [0.29, 0.717) is 24.3 Å². The number of hydrogen-bond acceptors (Lipinski definition) is 2. The number of carbonyl (C=O) groups excluding carboxylic acids is 1. The molecule has 0 saturated heterocycles. The molecule has 2 atom stereocenters. The molecule has 0 bridgehead atoms. The minimum atomic E-state index is 0.225. The van der Waals surface area contributed by atoms with Gasteiger partial charge in [-0.25, -0.2) is 0 Å². The minimum Gasteiger partial charge on any atom is -0.353 e. The van der Waals surface area contributed by atoms with Crippen molar-refractivity contribution >= 4 is 5.91 Å². The molecule has 0 aromatic carbocycles. The highest BCUT2D eigenvalue weighted by Crippen LogP contribution is 2.37. The lowest BCUT2D eigenvalue weighted by molar-refractivity contribution is -0.122. The van der Waals surface area contributed by atoms with Crippen molar-refractivity contribution in [3.8, 4) is 0 Å². The molecule has 2 unspecified atom stereocenters. The van der Waals surface area contributed by atoms with Crippen LogP contribution in [0.25, 0.3) is 0 Å². The van der Waals surface area contributed by atoms with Crippen LogP contribution >= 0.6 is 0 Å². The van der Waals surface area contributed by atoms with Gasteiger partial charge in [0, 0.05) is 12.5 Å². The summed E-state index contributed by atoms with van der Waals surface area (Å²) < 4.78 is 0. The Bertz CT molecular complexity index is 286. The summed E-state index contributed by atoms with van der Waals surface area (Å²) in [5.74, 6) is 1.41. The van der Waals surface area contributed by atoms with Gasteiger partial charge in [0.05, 0.1) is 0 Å². The average molecular weight is 268 g/mol. The molecule has 1 rings (SSSR count). The van der Waals surface area contributed by atoms with Gasteiger partial charge in [-0.1, -0.05) is 34.1 Å². The SMILES string of the molecule is CC(C)C(CCN)CCC(=O)NC1CCCC1(C)C. The molecule has 0 heterocycles. The Morgan fingerprint density at radius 2 is 2.05 bits per heavy atom. The molecule has 0 aromatic heterocycles. The smallest absolute Gasteiger partial charge is 0.220 e. The van der Waals surface area contributed by atoms with Crippen LogP contribution in [0.4, 0.5) is 0 Å². The van der Waals surface area contributed by atoms with E-state index in [1.807, 2.05) is 0 Å². The van der Waals surface area contributed by atoms with Crippen molar-refractivity contribution in [2.45, 2.75) is 72.3 Å². The lowest BCUT2D eigenvalue weighted by Crippen LogP contribution is -2.41. The van der Waals surface area contributed by atoms with Gasteiger partial charge in [0.25, 0.3) is 0 Å². The largest absolute Gasteiger partial charge is 0.353 e. The van der Waals surface area contributed by atoms with Crippen LogP contribution in [0.3, 0.4) is 0 Å². The Hall–Kier alpha value is -0.570. The van der Waals surface area contributed by atoms with Gasteiger partial charge in [0.1, 0.15) is 0 Å². The van der Waals surface area contributed by atoms with Crippen molar-refractivity contribution < 1.29 is 4.79 Å². The summed E-state index contributed by atoms with van der Waals surface area (Å²) in [6.07, 6.45) is 6.23. The Morgan fingerprint density at radius 1 is 1.37 bits per heavy atom. The van der Waals surface area contributed by atoms with E-state index in [1.54, 1.807) is 0 Å². The highest BCUT2D eigenvalue weighted by atomic mass is 16.1. The van der Waals surface area contributed by atoms with Gasteiger partial charge < -0.3 is 11.1 Å².